The summed E-state index contributed by atoms with van der Waals surface area (Å²) in [4.78, 5) is 2.66. The van der Waals surface area contributed by atoms with Gasteiger partial charge in [-0.3, -0.25) is 4.90 Å². The Morgan fingerprint density at radius 1 is 1.12 bits per heavy atom. The molecular formula is C13H23NO2. The van der Waals surface area contributed by atoms with E-state index in [1.54, 1.807) is 0 Å². The lowest BCUT2D eigenvalue weighted by molar-refractivity contribution is -0.186. The van der Waals surface area contributed by atoms with Crippen LogP contribution in [0.15, 0.2) is 0 Å². The molecular weight excluding hydrogens is 202 g/mol. The molecule has 1 saturated carbocycles. The highest BCUT2D eigenvalue weighted by atomic mass is 16.7. The fourth-order valence-corrected chi connectivity index (χ4v) is 3.36. The quantitative estimate of drug-likeness (QED) is 0.717. The van der Waals surface area contributed by atoms with Gasteiger partial charge in [0, 0.05) is 32.0 Å². The van der Waals surface area contributed by atoms with Crippen molar-refractivity contribution in [1.82, 2.24) is 4.90 Å². The average Bonchev–Trinajstić information content (AvgIpc) is 2.68. The predicted octanol–water partition coefficient (Wildman–Crippen LogP) is 2.01. The molecule has 3 aliphatic rings. The Kier molecular flexibility index (Phi) is 2.94. The Hall–Kier alpha value is -0.120. The molecule has 3 fully saturated rings. The minimum absolute atomic E-state index is 0.175. The molecule has 2 heterocycles. The van der Waals surface area contributed by atoms with Crippen LogP contribution < -0.4 is 0 Å². The molecule has 1 aliphatic carbocycles. The molecule has 0 aromatic heterocycles. The summed E-state index contributed by atoms with van der Waals surface area (Å²) in [6.07, 6.45) is 6.07. The van der Waals surface area contributed by atoms with Crippen molar-refractivity contribution in [1.29, 1.82) is 0 Å². The third-order valence-corrected chi connectivity index (χ3v) is 4.61. The number of hydrogen-bond acceptors (Lipinski definition) is 3. The van der Waals surface area contributed by atoms with Gasteiger partial charge in [0.05, 0.1) is 13.2 Å². The fourth-order valence-electron chi connectivity index (χ4n) is 3.36. The topological polar surface area (TPSA) is 21.7 Å². The van der Waals surface area contributed by atoms with Gasteiger partial charge < -0.3 is 9.47 Å². The van der Waals surface area contributed by atoms with Crippen LogP contribution in [0.1, 0.15) is 39.0 Å². The lowest BCUT2D eigenvalue weighted by atomic mass is 9.85. The summed E-state index contributed by atoms with van der Waals surface area (Å²) in [6, 6.07) is 0.807. The van der Waals surface area contributed by atoms with E-state index in [2.05, 4.69) is 11.8 Å². The van der Waals surface area contributed by atoms with E-state index >= 15 is 0 Å². The molecule has 16 heavy (non-hydrogen) atoms. The van der Waals surface area contributed by atoms with Crippen LogP contribution in [-0.2, 0) is 9.47 Å². The van der Waals surface area contributed by atoms with Gasteiger partial charge in [0.1, 0.15) is 0 Å². The molecule has 2 saturated heterocycles. The molecule has 92 valence electrons. The van der Waals surface area contributed by atoms with Crippen molar-refractivity contribution in [3.8, 4) is 0 Å². The molecule has 3 nitrogen and oxygen atoms in total. The summed E-state index contributed by atoms with van der Waals surface area (Å²) >= 11 is 0. The van der Waals surface area contributed by atoms with Gasteiger partial charge in [-0.05, 0) is 18.8 Å². The first-order valence-corrected chi connectivity index (χ1v) is 6.83. The maximum absolute atomic E-state index is 5.76. The Labute approximate surface area is 98.1 Å². The van der Waals surface area contributed by atoms with Crippen LogP contribution in [0.5, 0.6) is 0 Å². The Bertz CT molecular complexity index is 234. The third-order valence-electron chi connectivity index (χ3n) is 4.61. The maximum atomic E-state index is 5.76. The molecule has 0 bridgehead atoms. The molecule has 0 atom stereocenters. The summed E-state index contributed by atoms with van der Waals surface area (Å²) in [7, 11) is 0. The number of likely N-dealkylation sites (tertiary alicyclic amines) is 1. The van der Waals surface area contributed by atoms with Gasteiger partial charge in [-0.2, -0.15) is 0 Å². The van der Waals surface area contributed by atoms with Crippen LogP contribution >= 0.6 is 0 Å². The lowest BCUT2D eigenvalue weighted by Crippen LogP contribution is -2.54. The molecule has 0 N–H and O–H groups in total. The van der Waals surface area contributed by atoms with Crippen LogP contribution in [0.25, 0.3) is 0 Å². The summed E-state index contributed by atoms with van der Waals surface area (Å²) in [6.45, 7) is 6.56. The zero-order valence-corrected chi connectivity index (χ0v) is 10.3. The van der Waals surface area contributed by atoms with Gasteiger partial charge in [0.25, 0.3) is 0 Å². The summed E-state index contributed by atoms with van der Waals surface area (Å²) in [5.74, 6) is 0.792. The molecule has 2 aliphatic heterocycles. The monoisotopic (exact) mass is 225 g/mol. The van der Waals surface area contributed by atoms with Crippen LogP contribution in [0.4, 0.5) is 0 Å². The third kappa shape index (κ3) is 1.89. The van der Waals surface area contributed by atoms with E-state index in [4.69, 9.17) is 9.47 Å². The van der Waals surface area contributed by atoms with E-state index < -0.39 is 0 Å². The standard InChI is InChI=1S/C13H23NO2/c1-2-11-9-14(10-11)12-3-5-13(6-4-12)15-7-8-16-13/h11-12H,2-10H2,1H3. The van der Waals surface area contributed by atoms with Crippen molar-refractivity contribution in [3.63, 3.8) is 0 Å². The predicted molar refractivity (Wildman–Crippen MR) is 62.2 cm³/mol. The van der Waals surface area contributed by atoms with E-state index in [0.717, 1.165) is 38.0 Å². The first kappa shape index (κ1) is 11.0. The van der Waals surface area contributed by atoms with Gasteiger partial charge in [0.15, 0.2) is 5.79 Å². The Balaban J connectivity index is 1.48. The van der Waals surface area contributed by atoms with Crippen LogP contribution in [0.2, 0.25) is 0 Å². The number of nitrogens with zero attached hydrogens (tertiary/aromatic N) is 1. The lowest BCUT2D eigenvalue weighted by Gasteiger charge is -2.47. The van der Waals surface area contributed by atoms with Crippen molar-refractivity contribution in [2.24, 2.45) is 5.92 Å². The van der Waals surface area contributed by atoms with E-state index in [-0.39, 0.29) is 5.79 Å². The van der Waals surface area contributed by atoms with Crippen molar-refractivity contribution in [3.05, 3.63) is 0 Å². The molecule has 0 aromatic carbocycles. The maximum Gasteiger partial charge on any atom is 0.168 e. The van der Waals surface area contributed by atoms with Crippen molar-refractivity contribution in [2.45, 2.75) is 50.9 Å². The van der Waals surface area contributed by atoms with Crippen LogP contribution in [0, 0.1) is 5.92 Å². The highest BCUT2D eigenvalue weighted by molar-refractivity contribution is 4.91. The molecule has 3 rings (SSSR count). The summed E-state index contributed by atoms with van der Waals surface area (Å²) in [5, 5.41) is 0. The Morgan fingerprint density at radius 3 is 2.31 bits per heavy atom. The minimum atomic E-state index is -0.175. The largest absolute Gasteiger partial charge is 0.348 e. The van der Waals surface area contributed by atoms with Crippen LogP contribution in [0.3, 0.4) is 0 Å². The van der Waals surface area contributed by atoms with E-state index in [9.17, 15) is 0 Å². The van der Waals surface area contributed by atoms with E-state index in [0.29, 0.717) is 0 Å². The smallest absolute Gasteiger partial charge is 0.168 e. The van der Waals surface area contributed by atoms with Crippen molar-refractivity contribution in [2.75, 3.05) is 26.3 Å². The number of ether oxygens (including phenoxy) is 2. The summed E-state index contributed by atoms with van der Waals surface area (Å²) in [5.41, 5.74) is 0. The normalized spacial score (nSPS) is 32.1. The minimum Gasteiger partial charge on any atom is -0.348 e. The fraction of sp³-hybridized carbons (Fsp3) is 1.00. The first-order valence-electron chi connectivity index (χ1n) is 6.83. The molecule has 0 amide bonds. The first-order chi connectivity index (χ1) is 7.81. The molecule has 1 spiro atoms. The Morgan fingerprint density at radius 2 is 1.75 bits per heavy atom. The average molecular weight is 225 g/mol. The highest BCUT2D eigenvalue weighted by Gasteiger charge is 2.43. The van der Waals surface area contributed by atoms with Gasteiger partial charge in [-0.1, -0.05) is 13.3 Å². The second-order valence-corrected chi connectivity index (χ2v) is 5.57. The zero-order chi connectivity index (χ0) is 11.0. The molecule has 3 heteroatoms. The molecule has 0 unspecified atom stereocenters. The van der Waals surface area contributed by atoms with E-state index in [1.807, 2.05) is 0 Å². The van der Waals surface area contributed by atoms with Crippen LogP contribution in [-0.4, -0.2) is 43.0 Å². The SMILES string of the molecule is CCC1CN(C2CCC3(CC2)OCCO3)C1. The van der Waals surface area contributed by atoms with Gasteiger partial charge >= 0.3 is 0 Å². The highest BCUT2D eigenvalue weighted by Crippen LogP contribution is 2.39. The number of hydrogen-bond donors (Lipinski definition) is 0. The second kappa shape index (κ2) is 4.28. The number of rotatable bonds is 2. The summed E-state index contributed by atoms with van der Waals surface area (Å²) < 4.78 is 11.5. The van der Waals surface area contributed by atoms with Crippen molar-refractivity contribution >= 4 is 0 Å². The van der Waals surface area contributed by atoms with E-state index in [1.165, 1.54) is 32.4 Å². The zero-order valence-electron chi connectivity index (χ0n) is 10.3. The van der Waals surface area contributed by atoms with Gasteiger partial charge in [-0.25, -0.2) is 0 Å². The molecule has 0 radical (unpaired) electrons. The molecule has 0 aromatic rings. The van der Waals surface area contributed by atoms with Gasteiger partial charge in [0.2, 0.25) is 0 Å². The van der Waals surface area contributed by atoms with Crippen molar-refractivity contribution < 1.29 is 9.47 Å². The second-order valence-electron chi connectivity index (χ2n) is 5.57. The van der Waals surface area contributed by atoms with Gasteiger partial charge in [-0.15, -0.1) is 0 Å².